The van der Waals surface area contributed by atoms with E-state index in [2.05, 4.69) is 0 Å². The van der Waals surface area contributed by atoms with Crippen molar-refractivity contribution in [3.63, 3.8) is 0 Å². The second-order valence-electron chi connectivity index (χ2n) is 5.14. The number of carbonyl (C=O) groups excluding carboxylic acids is 1. The van der Waals surface area contributed by atoms with Gasteiger partial charge in [-0.2, -0.15) is 0 Å². The highest BCUT2D eigenvalue weighted by Gasteiger charge is 2.27. The van der Waals surface area contributed by atoms with Crippen LogP contribution < -0.4 is 10.6 Å². The van der Waals surface area contributed by atoms with Crippen LogP contribution in [-0.4, -0.2) is 18.5 Å². The molecule has 1 amide bonds. The fraction of sp³-hybridized carbons (Fsp3) is 0.188. The van der Waals surface area contributed by atoms with Gasteiger partial charge in [0, 0.05) is 23.8 Å². The summed E-state index contributed by atoms with van der Waals surface area (Å²) in [6, 6.07) is 11.6. The van der Waals surface area contributed by atoms with Gasteiger partial charge in [0.1, 0.15) is 5.82 Å². The largest absolute Gasteiger partial charge is 0.326 e. The Kier molecular flexibility index (Phi) is 3.66. The summed E-state index contributed by atoms with van der Waals surface area (Å²) in [7, 11) is 0. The summed E-state index contributed by atoms with van der Waals surface area (Å²) in [6.07, 6.45) is 0.731. The Bertz CT molecular complexity index is 704. The van der Waals surface area contributed by atoms with Gasteiger partial charge in [-0.15, -0.1) is 0 Å². The molecule has 1 heterocycles. The molecule has 3 rings (SSSR count). The van der Waals surface area contributed by atoms with Crippen molar-refractivity contribution < 1.29 is 9.18 Å². The molecule has 5 heteroatoms. The molecule has 0 saturated carbocycles. The van der Waals surface area contributed by atoms with Crippen LogP contribution >= 0.6 is 11.6 Å². The second-order valence-corrected chi connectivity index (χ2v) is 5.54. The number of amides is 1. The first kappa shape index (κ1) is 14.0. The SMILES string of the molecule is NC1Cc2ccccc2N(C(=O)c2ccc(Cl)c(F)c2)C1. The molecule has 0 aromatic heterocycles. The van der Waals surface area contributed by atoms with Gasteiger partial charge in [0.25, 0.3) is 5.91 Å². The molecule has 108 valence electrons. The number of para-hydroxylation sites is 1. The number of hydrogen-bond donors (Lipinski definition) is 1. The standard InChI is InChI=1S/C16H14ClFN2O/c17-13-6-5-11(8-14(13)18)16(21)20-9-12(19)7-10-3-1-2-4-15(10)20/h1-6,8,12H,7,9,19H2. The minimum absolute atomic E-state index is 0.00213. The minimum atomic E-state index is -0.600. The van der Waals surface area contributed by atoms with Crippen LogP contribution in [0, 0.1) is 5.82 Å². The molecule has 1 unspecified atom stereocenters. The molecule has 3 nitrogen and oxygen atoms in total. The van der Waals surface area contributed by atoms with E-state index in [1.165, 1.54) is 12.1 Å². The van der Waals surface area contributed by atoms with E-state index in [-0.39, 0.29) is 22.5 Å². The maximum Gasteiger partial charge on any atom is 0.258 e. The van der Waals surface area contributed by atoms with Crippen molar-refractivity contribution in [3.05, 3.63) is 64.4 Å². The predicted molar refractivity (Wildman–Crippen MR) is 81.2 cm³/mol. The van der Waals surface area contributed by atoms with E-state index >= 15 is 0 Å². The van der Waals surface area contributed by atoms with Gasteiger partial charge >= 0.3 is 0 Å². The van der Waals surface area contributed by atoms with Crippen LogP contribution in [-0.2, 0) is 6.42 Å². The van der Waals surface area contributed by atoms with Gasteiger partial charge in [0.05, 0.1) is 5.02 Å². The first-order valence-corrected chi connectivity index (χ1v) is 7.04. The summed E-state index contributed by atoms with van der Waals surface area (Å²) in [5.74, 6) is -0.870. The van der Waals surface area contributed by atoms with Crippen molar-refractivity contribution in [2.24, 2.45) is 5.73 Å². The molecule has 0 aliphatic carbocycles. The lowest BCUT2D eigenvalue weighted by Gasteiger charge is -2.33. The fourth-order valence-corrected chi connectivity index (χ4v) is 2.72. The number of rotatable bonds is 1. The number of fused-ring (bicyclic) bond motifs is 1. The molecule has 1 aliphatic rings. The minimum Gasteiger partial charge on any atom is -0.326 e. The highest BCUT2D eigenvalue weighted by atomic mass is 35.5. The molecule has 2 N–H and O–H groups in total. The molecule has 21 heavy (non-hydrogen) atoms. The van der Waals surface area contributed by atoms with E-state index < -0.39 is 5.82 Å². The van der Waals surface area contributed by atoms with Crippen LogP contribution in [0.3, 0.4) is 0 Å². The number of anilines is 1. The number of nitrogens with two attached hydrogens (primary N) is 1. The van der Waals surface area contributed by atoms with E-state index in [9.17, 15) is 9.18 Å². The van der Waals surface area contributed by atoms with Crippen molar-refractivity contribution in [1.82, 2.24) is 0 Å². The van der Waals surface area contributed by atoms with Gasteiger partial charge in [-0.1, -0.05) is 29.8 Å². The van der Waals surface area contributed by atoms with E-state index in [0.717, 1.165) is 23.7 Å². The third-order valence-corrected chi connectivity index (χ3v) is 3.90. The van der Waals surface area contributed by atoms with Crippen molar-refractivity contribution in [1.29, 1.82) is 0 Å². The molecule has 2 aromatic carbocycles. The zero-order valence-corrected chi connectivity index (χ0v) is 12.0. The Morgan fingerprint density at radius 1 is 1.29 bits per heavy atom. The maximum atomic E-state index is 13.6. The summed E-state index contributed by atoms with van der Waals surface area (Å²) in [5.41, 5.74) is 8.15. The van der Waals surface area contributed by atoms with E-state index in [0.29, 0.717) is 6.54 Å². The smallest absolute Gasteiger partial charge is 0.258 e. The maximum absolute atomic E-state index is 13.6. The van der Waals surface area contributed by atoms with Gasteiger partial charge in [-0.25, -0.2) is 4.39 Å². The van der Waals surface area contributed by atoms with Gasteiger partial charge in [-0.05, 0) is 36.2 Å². The fourth-order valence-electron chi connectivity index (χ4n) is 2.60. The van der Waals surface area contributed by atoms with Crippen LogP contribution in [0.15, 0.2) is 42.5 Å². The second kappa shape index (κ2) is 5.47. The molecule has 1 atom stereocenters. The monoisotopic (exact) mass is 304 g/mol. The first-order chi connectivity index (χ1) is 10.1. The zero-order valence-electron chi connectivity index (χ0n) is 11.2. The Labute approximate surface area is 127 Å². The van der Waals surface area contributed by atoms with E-state index in [1.807, 2.05) is 24.3 Å². The molecule has 0 bridgehead atoms. The molecular weight excluding hydrogens is 291 g/mol. The Morgan fingerprint density at radius 3 is 2.81 bits per heavy atom. The summed E-state index contributed by atoms with van der Waals surface area (Å²) >= 11 is 5.66. The van der Waals surface area contributed by atoms with Gasteiger partial charge < -0.3 is 10.6 Å². The number of hydrogen-bond acceptors (Lipinski definition) is 2. The highest BCUT2D eigenvalue weighted by molar-refractivity contribution is 6.30. The zero-order chi connectivity index (χ0) is 15.0. The molecule has 0 spiro atoms. The average molecular weight is 305 g/mol. The van der Waals surface area contributed by atoms with Crippen molar-refractivity contribution in [3.8, 4) is 0 Å². The van der Waals surface area contributed by atoms with Crippen LogP contribution in [0.4, 0.5) is 10.1 Å². The Morgan fingerprint density at radius 2 is 2.05 bits per heavy atom. The third-order valence-electron chi connectivity index (χ3n) is 3.59. The van der Waals surface area contributed by atoms with Crippen LogP contribution in [0.25, 0.3) is 0 Å². The molecule has 0 radical (unpaired) electrons. The number of halogens is 2. The highest BCUT2D eigenvalue weighted by Crippen LogP contribution is 2.28. The number of carbonyl (C=O) groups is 1. The summed E-state index contributed by atoms with van der Waals surface area (Å²) < 4.78 is 13.6. The van der Waals surface area contributed by atoms with E-state index in [4.69, 9.17) is 17.3 Å². The van der Waals surface area contributed by atoms with Crippen molar-refractivity contribution in [2.75, 3.05) is 11.4 Å². The van der Waals surface area contributed by atoms with Gasteiger partial charge in [0.15, 0.2) is 0 Å². The molecule has 2 aromatic rings. The van der Waals surface area contributed by atoms with Crippen LogP contribution in [0.5, 0.6) is 0 Å². The summed E-state index contributed by atoms with van der Waals surface area (Å²) in [6.45, 7) is 0.417. The molecule has 1 aliphatic heterocycles. The third kappa shape index (κ3) is 2.64. The van der Waals surface area contributed by atoms with Crippen molar-refractivity contribution >= 4 is 23.2 Å². The predicted octanol–water partition coefficient (Wildman–Crippen LogP) is 3.01. The molecular formula is C16H14ClFN2O. The topological polar surface area (TPSA) is 46.3 Å². The molecule has 0 saturated heterocycles. The van der Waals surface area contributed by atoms with Crippen LogP contribution in [0.1, 0.15) is 15.9 Å². The number of benzene rings is 2. The Balaban J connectivity index is 1.99. The lowest BCUT2D eigenvalue weighted by molar-refractivity contribution is 0.0983. The van der Waals surface area contributed by atoms with Crippen molar-refractivity contribution in [2.45, 2.75) is 12.5 Å². The Hall–Kier alpha value is -1.91. The number of nitrogens with zero attached hydrogens (tertiary/aromatic N) is 1. The first-order valence-electron chi connectivity index (χ1n) is 6.66. The van der Waals surface area contributed by atoms with Gasteiger partial charge in [0.2, 0.25) is 0 Å². The van der Waals surface area contributed by atoms with Crippen LogP contribution in [0.2, 0.25) is 5.02 Å². The molecule has 0 fully saturated rings. The normalized spacial score (nSPS) is 17.5. The summed E-state index contributed by atoms with van der Waals surface area (Å²) in [4.78, 5) is 14.2. The van der Waals surface area contributed by atoms with Gasteiger partial charge in [-0.3, -0.25) is 4.79 Å². The summed E-state index contributed by atoms with van der Waals surface area (Å²) in [5, 5.41) is 0.00213. The van der Waals surface area contributed by atoms with E-state index in [1.54, 1.807) is 4.90 Å². The average Bonchev–Trinajstić information content (AvgIpc) is 2.48. The quantitative estimate of drug-likeness (QED) is 0.880. The lowest BCUT2D eigenvalue weighted by Crippen LogP contribution is -2.46. The lowest BCUT2D eigenvalue weighted by atomic mass is 9.97.